The number of hydrogen-bond donors (Lipinski definition) is 0. The molecule has 0 aromatic carbocycles. The topological polar surface area (TPSA) is 38.8 Å². The first-order valence-corrected chi connectivity index (χ1v) is 8.56. The minimum Gasteiger partial charge on any atom is -0.466 e. The molecule has 0 aromatic heterocycles. The fourth-order valence-electron chi connectivity index (χ4n) is 3.97. The van der Waals surface area contributed by atoms with Crippen LogP contribution in [0.1, 0.15) is 52.9 Å². The Labute approximate surface area is 129 Å². The molecule has 21 heavy (non-hydrogen) atoms. The fourth-order valence-corrected chi connectivity index (χ4v) is 3.97. The molecule has 0 aromatic rings. The van der Waals surface area contributed by atoms with Gasteiger partial charge in [-0.3, -0.25) is 9.69 Å². The second-order valence-corrected chi connectivity index (χ2v) is 6.89. The van der Waals surface area contributed by atoms with Gasteiger partial charge in [0.1, 0.15) is 0 Å². The summed E-state index contributed by atoms with van der Waals surface area (Å²) in [5.74, 6) is 1.52. The van der Waals surface area contributed by atoms with E-state index in [1.807, 2.05) is 6.92 Å². The molecule has 1 heterocycles. The van der Waals surface area contributed by atoms with Crippen molar-refractivity contribution in [3.05, 3.63) is 0 Å². The van der Waals surface area contributed by atoms with Gasteiger partial charge in [0.2, 0.25) is 0 Å². The molecule has 1 saturated carbocycles. The van der Waals surface area contributed by atoms with Crippen molar-refractivity contribution in [2.75, 3.05) is 32.9 Å². The lowest BCUT2D eigenvalue weighted by Gasteiger charge is -2.49. The molecule has 0 atom stereocenters. The van der Waals surface area contributed by atoms with Crippen molar-refractivity contribution in [2.45, 2.75) is 58.4 Å². The van der Waals surface area contributed by atoms with Crippen molar-refractivity contribution in [1.29, 1.82) is 0 Å². The molecule has 1 saturated heterocycles. The summed E-state index contributed by atoms with van der Waals surface area (Å²) in [6.45, 7) is 10.5. The van der Waals surface area contributed by atoms with E-state index in [-0.39, 0.29) is 11.5 Å². The van der Waals surface area contributed by atoms with Crippen LogP contribution in [0.25, 0.3) is 0 Å². The zero-order valence-electron chi connectivity index (χ0n) is 13.9. The average molecular weight is 297 g/mol. The van der Waals surface area contributed by atoms with Gasteiger partial charge < -0.3 is 9.47 Å². The largest absolute Gasteiger partial charge is 0.466 e. The highest BCUT2D eigenvalue weighted by atomic mass is 16.5. The number of carbonyl (C=O) groups is 1. The summed E-state index contributed by atoms with van der Waals surface area (Å²) >= 11 is 0. The average Bonchev–Trinajstić information content (AvgIpc) is 2.49. The third-order valence-corrected chi connectivity index (χ3v) is 5.36. The molecule has 0 unspecified atom stereocenters. The molecule has 2 rings (SSSR count). The van der Waals surface area contributed by atoms with E-state index in [2.05, 4.69) is 18.7 Å². The van der Waals surface area contributed by atoms with Gasteiger partial charge in [-0.2, -0.15) is 0 Å². The maximum Gasteiger partial charge on any atom is 0.307 e. The monoisotopic (exact) mass is 297 g/mol. The fraction of sp³-hybridized carbons (Fsp3) is 0.941. The van der Waals surface area contributed by atoms with Crippen LogP contribution in [0.3, 0.4) is 0 Å². The van der Waals surface area contributed by atoms with Crippen LogP contribution < -0.4 is 0 Å². The van der Waals surface area contributed by atoms with E-state index in [1.54, 1.807) is 0 Å². The van der Waals surface area contributed by atoms with E-state index in [4.69, 9.17) is 9.47 Å². The number of nitrogens with zero attached hydrogens (tertiary/aromatic N) is 1. The molecule has 0 radical (unpaired) electrons. The van der Waals surface area contributed by atoms with Gasteiger partial charge in [0.25, 0.3) is 0 Å². The molecular formula is C17H31NO3. The highest BCUT2D eigenvalue weighted by Crippen LogP contribution is 2.41. The van der Waals surface area contributed by atoms with E-state index in [1.165, 1.54) is 12.8 Å². The Balaban J connectivity index is 2.05. The summed E-state index contributed by atoms with van der Waals surface area (Å²) in [6, 6.07) is 0. The number of esters is 1. The first kappa shape index (κ1) is 16.8. The highest BCUT2D eigenvalue weighted by molar-refractivity contribution is 5.71. The van der Waals surface area contributed by atoms with Crippen LogP contribution in [0, 0.1) is 11.8 Å². The molecule has 1 aliphatic heterocycles. The molecule has 2 aliphatic rings. The Bertz CT molecular complexity index is 329. The number of morpholine rings is 1. The van der Waals surface area contributed by atoms with Crippen molar-refractivity contribution in [1.82, 2.24) is 4.90 Å². The van der Waals surface area contributed by atoms with Crippen LogP contribution in [-0.4, -0.2) is 49.3 Å². The lowest BCUT2D eigenvalue weighted by atomic mass is 9.70. The van der Waals surface area contributed by atoms with E-state index in [9.17, 15) is 4.79 Å². The van der Waals surface area contributed by atoms with Crippen LogP contribution in [0.4, 0.5) is 0 Å². The standard InChI is InChI=1S/C17H31NO3/c1-4-21-16(19)13-17(18-9-11-20-12-10-18)7-5-15(6-8-17)14(2)3/h14-15H,4-13H2,1-3H3. The normalized spacial score (nSPS) is 31.3. The number of rotatable bonds is 5. The van der Waals surface area contributed by atoms with Gasteiger partial charge in [-0.1, -0.05) is 13.8 Å². The van der Waals surface area contributed by atoms with Gasteiger partial charge in [-0.15, -0.1) is 0 Å². The van der Waals surface area contributed by atoms with Crippen molar-refractivity contribution in [3.8, 4) is 0 Å². The molecule has 122 valence electrons. The Morgan fingerprint density at radius 1 is 1.29 bits per heavy atom. The molecule has 0 N–H and O–H groups in total. The second-order valence-electron chi connectivity index (χ2n) is 6.89. The van der Waals surface area contributed by atoms with Gasteiger partial charge >= 0.3 is 5.97 Å². The molecule has 0 spiro atoms. The summed E-state index contributed by atoms with van der Waals surface area (Å²) in [5.41, 5.74) is 0.0153. The first-order chi connectivity index (χ1) is 10.1. The van der Waals surface area contributed by atoms with Gasteiger partial charge in [0.05, 0.1) is 26.2 Å². The number of ether oxygens (including phenoxy) is 2. The predicted molar refractivity (Wildman–Crippen MR) is 83.2 cm³/mol. The second kappa shape index (κ2) is 7.59. The summed E-state index contributed by atoms with van der Waals surface area (Å²) < 4.78 is 10.7. The van der Waals surface area contributed by atoms with Gasteiger partial charge in [-0.25, -0.2) is 0 Å². The summed E-state index contributed by atoms with van der Waals surface area (Å²) in [5, 5.41) is 0. The molecule has 0 amide bonds. The molecule has 2 fully saturated rings. The number of hydrogen-bond acceptors (Lipinski definition) is 4. The minimum atomic E-state index is -0.0352. The van der Waals surface area contributed by atoms with Crippen molar-refractivity contribution in [2.24, 2.45) is 11.8 Å². The lowest BCUT2D eigenvalue weighted by Crippen LogP contribution is -2.56. The Hall–Kier alpha value is -0.610. The van der Waals surface area contributed by atoms with Crippen molar-refractivity contribution in [3.63, 3.8) is 0 Å². The predicted octanol–water partition coefficient (Wildman–Crippen LogP) is 2.86. The van der Waals surface area contributed by atoms with E-state index in [0.717, 1.165) is 51.0 Å². The minimum absolute atomic E-state index is 0.0153. The third-order valence-electron chi connectivity index (χ3n) is 5.36. The Kier molecular flexibility index (Phi) is 6.06. The van der Waals surface area contributed by atoms with Crippen LogP contribution >= 0.6 is 0 Å². The van der Waals surface area contributed by atoms with Crippen LogP contribution in [-0.2, 0) is 14.3 Å². The quantitative estimate of drug-likeness (QED) is 0.732. The van der Waals surface area contributed by atoms with Gasteiger partial charge in [0.15, 0.2) is 0 Å². The lowest BCUT2D eigenvalue weighted by molar-refractivity contribution is -0.149. The van der Waals surface area contributed by atoms with E-state index in [0.29, 0.717) is 13.0 Å². The van der Waals surface area contributed by atoms with Crippen LogP contribution in [0.5, 0.6) is 0 Å². The highest BCUT2D eigenvalue weighted by Gasteiger charge is 2.43. The van der Waals surface area contributed by atoms with Crippen LogP contribution in [0.15, 0.2) is 0 Å². The summed E-state index contributed by atoms with van der Waals surface area (Å²) in [4.78, 5) is 14.6. The Morgan fingerprint density at radius 3 is 2.43 bits per heavy atom. The number of carbonyl (C=O) groups excluding carboxylic acids is 1. The molecule has 0 bridgehead atoms. The smallest absolute Gasteiger partial charge is 0.307 e. The van der Waals surface area contributed by atoms with Gasteiger partial charge in [-0.05, 0) is 44.4 Å². The summed E-state index contributed by atoms with van der Waals surface area (Å²) in [6.07, 6.45) is 5.25. The SMILES string of the molecule is CCOC(=O)CC1(N2CCOCC2)CCC(C(C)C)CC1. The summed E-state index contributed by atoms with van der Waals surface area (Å²) in [7, 11) is 0. The molecule has 4 nitrogen and oxygen atoms in total. The van der Waals surface area contributed by atoms with Crippen LogP contribution in [0.2, 0.25) is 0 Å². The van der Waals surface area contributed by atoms with Crippen molar-refractivity contribution >= 4 is 5.97 Å². The van der Waals surface area contributed by atoms with Crippen molar-refractivity contribution < 1.29 is 14.3 Å². The molecule has 4 heteroatoms. The van der Waals surface area contributed by atoms with E-state index >= 15 is 0 Å². The van der Waals surface area contributed by atoms with E-state index < -0.39 is 0 Å². The zero-order valence-corrected chi connectivity index (χ0v) is 13.9. The Morgan fingerprint density at radius 2 is 1.90 bits per heavy atom. The third kappa shape index (κ3) is 4.19. The zero-order chi connectivity index (χ0) is 15.3. The first-order valence-electron chi connectivity index (χ1n) is 8.56. The molecule has 1 aliphatic carbocycles. The molecular weight excluding hydrogens is 266 g/mol. The maximum absolute atomic E-state index is 12.1. The van der Waals surface area contributed by atoms with Gasteiger partial charge in [0, 0.05) is 18.6 Å². The maximum atomic E-state index is 12.1.